The fourth-order valence-corrected chi connectivity index (χ4v) is 3.04. The van der Waals surface area contributed by atoms with Crippen LogP contribution in [0.1, 0.15) is 18.4 Å². The van der Waals surface area contributed by atoms with Gasteiger partial charge in [-0.2, -0.15) is 0 Å². The van der Waals surface area contributed by atoms with E-state index in [1.54, 1.807) is 11.3 Å². The standard InChI is InChI=1S/C11H15BrN2OS/c12-10-5-9(8-16-10)6-13-7-11(15)14-3-1-2-4-14/h5,8,13H,1-4,6-7H2. The average molecular weight is 303 g/mol. The third-order valence-electron chi connectivity index (χ3n) is 2.69. The number of carbonyl (C=O) groups excluding carboxylic acids is 1. The molecule has 1 saturated heterocycles. The Labute approximate surface area is 108 Å². The molecule has 1 fully saturated rings. The molecule has 1 aromatic heterocycles. The van der Waals surface area contributed by atoms with Crippen molar-refractivity contribution in [3.8, 4) is 0 Å². The zero-order valence-electron chi connectivity index (χ0n) is 9.04. The predicted molar refractivity (Wildman–Crippen MR) is 69.5 cm³/mol. The van der Waals surface area contributed by atoms with E-state index >= 15 is 0 Å². The maximum atomic E-state index is 11.7. The van der Waals surface area contributed by atoms with Gasteiger partial charge in [0.15, 0.2) is 0 Å². The molecule has 0 unspecified atom stereocenters. The Morgan fingerprint density at radius 1 is 1.50 bits per heavy atom. The summed E-state index contributed by atoms with van der Waals surface area (Å²) < 4.78 is 1.13. The molecule has 16 heavy (non-hydrogen) atoms. The van der Waals surface area contributed by atoms with Crippen LogP contribution in [0.4, 0.5) is 0 Å². The minimum atomic E-state index is 0.229. The van der Waals surface area contributed by atoms with Crippen LogP contribution in [-0.2, 0) is 11.3 Å². The van der Waals surface area contributed by atoms with Gasteiger partial charge in [-0.15, -0.1) is 11.3 Å². The SMILES string of the molecule is O=C(CNCc1csc(Br)c1)N1CCCC1. The molecule has 2 rings (SSSR count). The van der Waals surface area contributed by atoms with E-state index in [1.165, 1.54) is 5.56 Å². The molecule has 0 atom stereocenters. The molecule has 2 heterocycles. The van der Waals surface area contributed by atoms with Crippen LogP contribution in [0.5, 0.6) is 0 Å². The Balaban J connectivity index is 1.69. The van der Waals surface area contributed by atoms with E-state index in [4.69, 9.17) is 0 Å². The predicted octanol–water partition coefficient (Wildman–Crippen LogP) is 2.22. The van der Waals surface area contributed by atoms with Gasteiger partial charge < -0.3 is 10.2 Å². The lowest BCUT2D eigenvalue weighted by molar-refractivity contribution is -0.129. The van der Waals surface area contributed by atoms with Gasteiger partial charge in [-0.25, -0.2) is 0 Å². The molecule has 0 spiro atoms. The van der Waals surface area contributed by atoms with Gasteiger partial charge >= 0.3 is 0 Å². The number of nitrogens with one attached hydrogen (secondary N) is 1. The van der Waals surface area contributed by atoms with Crippen molar-refractivity contribution in [3.63, 3.8) is 0 Å². The zero-order valence-corrected chi connectivity index (χ0v) is 11.4. The van der Waals surface area contributed by atoms with Crippen molar-refractivity contribution in [1.29, 1.82) is 0 Å². The Kier molecular flexibility index (Phi) is 4.37. The first kappa shape index (κ1) is 12.1. The number of hydrogen-bond acceptors (Lipinski definition) is 3. The van der Waals surface area contributed by atoms with Gasteiger partial charge in [-0.1, -0.05) is 0 Å². The van der Waals surface area contributed by atoms with E-state index in [-0.39, 0.29) is 5.91 Å². The highest BCUT2D eigenvalue weighted by Gasteiger charge is 2.16. The van der Waals surface area contributed by atoms with Gasteiger partial charge in [0, 0.05) is 19.6 Å². The smallest absolute Gasteiger partial charge is 0.236 e. The molecule has 1 aliphatic heterocycles. The lowest BCUT2D eigenvalue weighted by Gasteiger charge is -2.15. The van der Waals surface area contributed by atoms with E-state index < -0.39 is 0 Å². The summed E-state index contributed by atoms with van der Waals surface area (Å²) in [5, 5.41) is 5.28. The molecule has 0 aliphatic carbocycles. The summed E-state index contributed by atoms with van der Waals surface area (Å²) >= 11 is 5.09. The van der Waals surface area contributed by atoms with E-state index in [0.29, 0.717) is 6.54 Å². The summed E-state index contributed by atoms with van der Waals surface area (Å²) in [4.78, 5) is 13.6. The van der Waals surface area contributed by atoms with E-state index in [2.05, 4.69) is 32.7 Å². The molecule has 3 nitrogen and oxygen atoms in total. The molecule has 88 valence electrons. The number of hydrogen-bond donors (Lipinski definition) is 1. The second kappa shape index (κ2) is 5.80. The number of nitrogens with zero attached hydrogens (tertiary/aromatic N) is 1. The van der Waals surface area contributed by atoms with Crippen LogP contribution in [0.3, 0.4) is 0 Å². The summed E-state index contributed by atoms with van der Waals surface area (Å²) in [5.74, 6) is 0.229. The molecule has 1 aromatic rings. The van der Waals surface area contributed by atoms with Crippen LogP contribution in [0.25, 0.3) is 0 Å². The first-order valence-corrected chi connectivity index (χ1v) is 7.14. The molecule has 0 bridgehead atoms. The van der Waals surface area contributed by atoms with E-state index in [1.807, 2.05) is 4.90 Å². The largest absolute Gasteiger partial charge is 0.342 e. The normalized spacial score (nSPS) is 15.7. The third kappa shape index (κ3) is 3.30. The highest BCUT2D eigenvalue weighted by atomic mass is 79.9. The minimum absolute atomic E-state index is 0.229. The minimum Gasteiger partial charge on any atom is -0.342 e. The topological polar surface area (TPSA) is 32.3 Å². The van der Waals surface area contributed by atoms with Crippen LogP contribution in [0.2, 0.25) is 0 Å². The first-order valence-electron chi connectivity index (χ1n) is 5.47. The zero-order chi connectivity index (χ0) is 11.4. The summed E-state index contributed by atoms with van der Waals surface area (Å²) in [7, 11) is 0. The van der Waals surface area contributed by atoms with Crippen LogP contribution < -0.4 is 5.32 Å². The van der Waals surface area contributed by atoms with Crippen LogP contribution in [0.15, 0.2) is 15.2 Å². The summed E-state index contributed by atoms with van der Waals surface area (Å²) in [6, 6.07) is 2.08. The summed E-state index contributed by atoms with van der Waals surface area (Å²) in [5.41, 5.74) is 1.23. The third-order valence-corrected chi connectivity index (χ3v) is 4.24. The van der Waals surface area contributed by atoms with Gasteiger partial charge in [-0.05, 0) is 45.8 Å². The van der Waals surface area contributed by atoms with Crippen molar-refractivity contribution in [1.82, 2.24) is 10.2 Å². The monoisotopic (exact) mass is 302 g/mol. The fraction of sp³-hybridized carbons (Fsp3) is 0.545. The highest BCUT2D eigenvalue weighted by molar-refractivity contribution is 9.11. The van der Waals surface area contributed by atoms with Crippen molar-refractivity contribution in [2.24, 2.45) is 0 Å². The Morgan fingerprint density at radius 2 is 2.25 bits per heavy atom. The maximum absolute atomic E-state index is 11.7. The summed E-state index contributed by atoms with van der Waals surface area (Å²) in [6.07, 6.45) is 2.31. The fourth-order valence-electron chi connectivity index (χ4n) is 1.83. The highest BCUT2D eigenvalue weighted by Crippen LogP contribution is 2.20. The number of rotatable bonds is 4. The number of thiophene rings is 1. The quantitative estimate of drug-likeness (QED) is 0.925. The molecule has 1 aliphatic rings. The van der Waals surface area contributed by atoms with Gasteiger partial charge in [0.1, 0.15) is 0 Å². The first-order chi connectivity index (χ1) is 7.75. The van der Waals surface area contributed by atoms with Gasteiger partial charge in [-0.3, -0.25) is 4.79 Å². The van der Waals surface area contributed by atoms with Gasteiger partial charge in [0.2, 0.25) is 5.91 Å². The molecule has 0 saturated carbocycles. The average Bonchev–Trinajstić information content (AvgIpc) is 2.89. The number of likely N-dealkylation sites (tertiary alicyclic amines) is 1. The molecular formula is C11H15BrN2OS. The second-order valence-electron chi connectivity index (χ2n) is 3.95. The number of carbonyl (C=O) groups is 1. The van der Waals surface area contributed by atoms with E-state index in [0.717, 1.165) is 36.3 Å². The van der Waals surface area contributed by atoms with Crippen molar-refractivity contribution in [2.75, 3.05) is 19.6 Å². The Bertz CT molecular complexity index is 361. The van der Waals surface area contributed by atoms with Crippen LogP contribution >= 0.6 is 27.3 Å². The molecule has 0 radical (unpaired) electrons. The Morgan fingerprint density at radius 3 is 2.88 bits per heavy atom. The molecular weight excluding hydrogens is 288 g/mol. The van der Waals surface area contributed by atoms with Crippen LogP contribution in [-0.4, -0.2) is 30.4 Å². The van der Waals surface area contributed by atoms with Gasteiger partial charge in [0.05, 0.1) is 10.3 Å². The Hall–Kier alpha value is -0.390. The number of amides is 1. The van der Waals surface area contributed by atoms with Gasteiger partial charge in [0.25, 0.3) is 0 Å². The lowest BCUT2D eigenvalue weighted by atomic mass is 10.3. The molecule has 5 heteroatoms. The van der Waals surface area contributed by atoms with Crippen molar-refractivity contribution in [2.45, 2.75) is 19.4 Å². The second-order valence-corrected chi connectivity index (χ2v) is 6.24. The van der Waals surface area contributed by atoms with Crippen LogP contribution in [0, 0.1) is 0 Å². The number of halogens is 1. The maximum Gasteiger partial charge on any atom is 0.236 e. The van der Waals surface area contributed by atoms with Crippen molar-refractivity contribution < 1.29 is 4.79 Å². The molecule has 1 amide bonds. The molecule has 1 N–H and O–H groups in total. The lowest BCUT2D eigenvalue weighted by Crippen LogP contribution is -2.35. The summed E-state index contributed by atoms with van der Waals surface area (Å²) in [6.45, 7) is 3.09. The van der Waals surface area contributed by atoms with Crippen molar-refractivity contribution >= 4 is 33.2 Å². The van der Waals surface area contributed by atoms with E-state index in [9.17, 15) is 4.79 Å². The molecule has 0 aromatic carbocycles. The van der Waals surface area contributed by atoms with Crippen molar-refractivity contribution in [3.05, 3.63) is 20.8 Å².